The molecule has 2 rings (SSSR count). The first kappa shape index (κ1) is 15.2. The minimum atomic E-state index is -0.648. The predicted octanol–water partition coefficient (Wildman–Crippen LogP) is 3.93. The maximum Gasteiger partial charge on any atom is 0.266 e. The molecule has 0 spiro atoms. The molecule has 0 saturated carbocycles. The van der Waals surface area contributed by atoms with E-state index in [1.807, 2.05) is 30.3 Å². The van der Waals surface area contributed by atoms with Gasteiger partial charge in [0.25, 0.3) is 5.91 Å². The van der Waals surface area contributed by atoms with Gasteiger partial charge in [-0.25, -0.2) is 4.39 Å². The van der Waals surface area contributed by atoms with Gasteiger partial charge >= 0.3 is 0 Å². The quantitative estimate of drug-likeness (QED) is 0.527. The number of amides is 1. The van der Waals surface area contributed by atoms with E-state index in [0.29, 0.717) is 0 Å². The van der Waals surface area contributed by atoms with Crippen molar-refractivity contribution in [2.45, 2.75) is 0 Å². The van der Waals surface area contributed by atoms with Gasteiger partial charge in [0, 0.05) is 0 Å². The molecule has 3 nitrogen and oxygen atoms in total. The molecule has 0 aliphatic heterocycles. The zero-order valence-electron chi connectivity index (χ0n) is 11.7. The first-order valence-electron chi connectivity index (χ1n) is 6.60. The number of carbonyl (C=O) groups is 1. The summed E-state index contributed by atoms with van der Waals surface area (Å²) in [5.74, 6) is -1.20. The van der Waals surface area contributed by atoms with Gasteiger partial charge in [0.1, 0.15) is 17.5 Å². The molecule has 0 atom stereocenters. The van der Waals surface area contributed by atoms with E-state index in [-0.39, 0.29) is 11.3 Å². The van der Waals surface area contributed by atoms with Crippen molar-refractivity contribution in [1.82, 2.24) is 0 Å². The summed E-state index contributed by atoms with van der Waals surface area (Å²) < 4.78 is 13.5. The van der Waals surface area contributed by atoms with Crippen LogP contribution in [0.1, 0.15) is 5.56 Å². The standard InChI is InChI=1S/C18H13FN2O/c19-16-11-4-5-12-17(16)21-18(22)15(13-20)10-6-9-14-7-2-1-3-8-14/h1-12H,(H,21,22)/b9-6+,15-10+. The van der Waals surface area contributed by atoms with Gasteiger partial charge in [-0.15, -0.1) is 0 Å². The molecule has 1 N–H and O–H groups in total. The Labute approximate surface area is 128 Å². The molecule has 0 fully saturated rings. The van der Waals surface area contributed by atoms with Crippen molar-refractivity contribution >= 4 is 17.7 Å². The van der Waals surface area contributed by atoms with E-state index in [1.165, 1.54) is 24.3 Å². The molecule has 1 amide bonds. The van der Waals surface area contributed by atoms with Crippen LogP contribution in [0.2, 0.25) is 0 Å². The molecule has 108 valence electrons. The number of benzene rings is 2. The molecule has 0 heterocycles. The van der Waals surface area contributed by atoms with E-state index in [2.05, 4.69) is 5.32 Å². The lowest BCUT2D eigenvalue weighted by Gasteiger charge is -2.04. The van der Waals surface area contributed by atoms with E-state index >= 15 is 0 Å². The first-order chi connectivity index (χ1) is 10.7. The monoisotopic (exact) mass is 292 g/mol. The molecule has 22 heavy (non-hydrogen) atoms. The van der Waals surface area contributed by atoms with E-state index in [0.717, 1.165) is 5.56 Å². The Kier molecular flexibility index (Phi) is 5.22. The summed E-state index contributed by atoms with van der Waals surface area (Å²) in [5, 5.41) is 11.4. The van der Waals surface area contributed by atoms with Crippen LogP contribution in [-0.4, -0.2) is 5.91 Å². The molecule has 0 saturated heterocycles. The lowest BCUT2D eigenvalue weighted by Crippen LogP contribution is -2.14. The Balaban J connectivity index is 2.09. The van der Waals surface area contributed by atoms with Gasteiger partial charge in [0.2, 0.25) is 0 Å². The number of allylic oxidation sites excluding steroid dienone is 2. The maximum atomic E-state index is 13.5. The first-order valence-corrected chi connectivity index (χ1v) is 6.60. The zero-order chi connectivity index (χ0) is 15.8. The smallest absolute Gasteiger partial charge is 0.266 e. The van der Waals surface area contributed by atoms with Crippen LogP contribution >= 0.6 is 0 Å². The van der Waals surface area contributed by atoms with Crippen LogP contribution in [0.25, 0.3) is 6.08 Å². The second-order valence-electron chi connectivity index (χ2n) is 4.40. The summed E-state index contributed by atoms with van der Waals surface area (Å²) in [6.07, 6.45) is 4.77. The van der Waals surface area contributed by atoms with E-state index in [4.69, 9.17) is 5.26 Å². The number of hydrogen-bond donors (Lipinski definition) is 1. The van der Waals surface area contributed by atoms with Crippen LogP contribution in [0.15, 0.2) is 72.3 Å². The number of nitriles is 1. The van der Waals surface area contributed by atoms with E-state index in [1.54, 1.807) is 24.3 Å². The second kappa shape index (κ2) is 7.55. The topological polar surface area (TPSA) is 52.9 Å². The van der Waals surface area contributed by atoms with Gasteiger partial charge in [-0.2, -0.15) is 5.26 Å². The Bertz CT molecular complexity index is 758. The lowest BCUT2D eigenvalue weighted by atomic mass is 10.2. The van der Waals surface area contributed by atoms with Crippen molar-refractivity contribution in [3.63, 3.8) is 0 Å². The Morgan fingerprint density at radius 1 is 1.09 bits per heavy atom. The van der Waals surface area contributed by atoms with Crippen molar-refractivity contribution in [3.8, 4) is 6.07 Å². The number of rotatable bonds is 4. The number of carbonyl (C=O) groups excluding carboxylic acids is 1. The normalized spacial score (nSPS) is 11.2. The van der Waals surface area contributed by atoms with Crippen LogP contribution in [0, 0.1) is 17.1 Å². The number of para-hydroxylation sites is 1. The molecule has 0 bridgehead atoms. The minimum absolute atomic E-state index is 0.0423. The maximum absolute atomic E-state index is 13.5. The largest absolute Gasteiger partial charge is 0.319 e. The predicted molar refractivity (Wildman–Crippen MR) is 84.2 cm³/mol. The molecule has 0 radical (unpaired) electrons. The van der Waals surface area contributed by atoms with Crippen molar-refractivity contribution in [2.24, 2.45) is 0 Å². The summed E-state index contributed by atoms with van der Waals surface area (Å²) in [7, 11) is 0. The number of nitrogens with zero attached hydrogens (tertiary/aromatic N) is 1. The summed E-state index contributed by atoms with van der Waals surface area (Å²) in [6.45, 7) is 0. The van der Waals surface area contributed by atoms with Gasteiger partial charge in [0.05, 0.1) is 5.69 Å². The van der Waals surface area contributed by atoms with Gasteiger partial charge in [-0.05, 0) is 23.8 Å². The second-order valence-corrected chi connectivity index (χ2v) is 4.40. The molecule has 0 aliphatic rings. The van der Waals surface area contributed by atoms with Crippen LogP contribution in [0.3, 0.4) is 0 Å². The van der Waals surface area contributed by atoms with Crippen LogP contribution in [0.5, 0.6) is 0 Å². The fraction of sp³-hybridized carbons (Fsp3) is 0. The van der Waals surface area contributed by atoms with Crippen LogP contribution < -0.4 is 5.32 Å². The number of halogens is 1. The zero-order valence-corrected chi connectivity index (χ0v) is 11.7. The highest BCUT2D eigenvalue weighted by molar-refractivity contribution is 6.06. The summed E-state index contributed by atoms with van der Waals surface area (Å²) in [6, 6.07) is 17.1. The Morgan fingerprint density at radius 3 is 2.45 bits per heavy atom. The molecule has 2 aromatic rings. The summed E-state index contributed by atoms with van der Waals surface area (Å²) >= 11 is 0. The highest BCUT2D eigenvalue weighted by atomic mass is 19.1. The highest BCUT2D eigenvalue weighted by Crippen LogP contribution is 2.13. The molecule has 4 heteroatoms. The van der Waals surface area contributed by atoms with E-state index < -0.39 is 11.7 Å². The Hall–Kier alpha value is -3.19. The van der Waals surface area contributed by atoms with Crippen LogP contribution in [-0.2, 0) is 4.79 Å². The van der Waals surface area contributed by atoms with E-state index in [9.17, 15) is 9.18 Å². The van der Waals surface area contributed by atoms with Crippen molar-refractivity contribution in [1.29, 1.82) is 5.26 Å². The highest BCUT2D eigenvalue weighted by Gasteiger charge is 2.10. The fourth-order valence-corrected chi connectivity index (χ4v) is 1.74. The average Bonchev–Trinajstić information content (AvgIpc) is 2.54. The average molecular weight is 292 g/mol. The van der Waals surface area contributed by atoms with Gasteiger partial charge < -0.3 is 5.32 Å². The van der Waals surface area contributed by atoms with Crippen molar-refractivity contribution < 1.29 is 9.18 Å². The summed E-state index contributed by atoms with van der Waals surface area (Å²) in [4.78, 5) is 11.9. The molecule has 0 unspecified atom stereocenters. The Morgan fingerprint density at radius 2 is 1.77 bits per heavy atom. The van der Waals surface area contributed by atoms with Crippen molar-refractivity contribution in [3.05, 3.63) is 83.7 Å². The van der Waals surface area contributed by atoms with Gasteiger partial charge in [-0.3, -0.25) is 4.79 Å². The molecular weight excluding hydrogens is 279 g/mol. The number of hydrogen-bond acceptors (Lipinski definition) is 2. The molecule has 0 aliphatic carbocycles. The van der Waals surface area contributed by atoms with Crippen molar-refractivity contribution in [2.75, 3.05) is 5.32 Å². The third kappa shape index (κ3) is 4.15. The molecular formula is C18H13FN2O. The third-order valence-electron chi connectivity index (χ3n) is 2.84. The van der Waals surface area contributed by atoms with Gasteiger partial charge in [-0.1, -0.05) is 54.6 Å². The summed E-state index contributed by atoms with van der Waals surface area (Å²) in [5.41, 5.74) is 0.890. The SMILES string of the molecule is N#C/C(=C\C=C\c1ccccc1)C(=O)Nc1ccccc1F. The van der Waals surface area contributed by atoms with Gasteiger partial charge in [0.15, 0.2) is 0 Å². The number of anilines is 1. The number of nitrogens with one attached hydrogen (secondary N) is 1. The van der Waals surface area contributed by atoms with Crippen LogP contribution in [0.4, 0.5) is 10.1 Å². The fourth-order valence-electron chi connectivity index (χ4n) is 1.74. The molecule has 2 aromatic carbocycles. The lowest BCUT2D eigenvalue weighted by molar-refractivity contribution is -0.112. The minimum Gasteiger partial charge on any atom is -0.319 e. The molecule has 0 aromatic heterocycles. The third-order valence-corrected chi connectivity index (χ3v) is 2.84.